The lowest BCUT2D eigenvalue weighted by molar-refractivity contribution is -0.133. The van der Waals surface area contributed by atoms with Gasteiger partial charge in [0.2, 0.25) is 11.8 Å². The van der Waals surface area contributed by atoms with Crippen molar-refractivity contribution in [3.8, 4) is 0 Å². The first-order chi connectivity index (χ1) is 11.3. The normalized spacial score (nSPS) is 10.3. The fraction of sp³-hybridized carbons (Fsp3) is 0.222. The Labute approximate surface area is 139 Å². The van der Waals surface area contributed by atoms with Crippen molar-refractivity contribution in [2.24, 2.45) is 0 Å². The minimum Gasteiger partial charge on any atom is -0.329 e. The third-order valence-electron chi connectivity index (χ3n) is 3.44. The van der Waals surface area contributed by atoms with Gasteiger partial charge in [0.1, 0.15) is 6.54 Å². The van der Waals surface area contributed by atoms with Gasteiger partial charge in [-0.1, -0.05) is 29.8 Å². The van der Waals surface area contributed by atoms with Crippen molar-refractivity contribution < 1.29 is 18.4 Å². The maximum Gasteiger partial charge on any atom is 0.244 e. The Balaban J connectivity index is 2.02. The summed E-state index contributed by atoms with van der Waals surface area (Å²) < 4.78 is 26.0. The molecule has 0 radical (unpaired) electrons. The summed E-state index contributed by atoms with van der Waals surface area (Å²) in [6.07, 6.45) is 0. The van der Waals surface area contributed by atoms with Crippen molar-refractivity contribution in [3.63, 3.8) is 0 Å². The molecule has 0 bridgehead atoms. The van der Waals surface area contributed by atoms with Crippen LogP contribution in [0.2, 0.25) is 0 Å². The molecule has 0 unspecified atom stereocenters. The zero-order valence-electron chi connectivity index (χ0n) is 13.5. The van der Waals surface area contributed by atoms with E-state index >= 15 is 0 Å². The highest BCUT2D eigenvalue weighted by molar-refractivity contribution is 5.94. The molecule has 2 aromatic rings. The number of benzene rings is 2. The Morgan fingerprint density at radius 1 is 1.08 bits per heavy atom. The lowest BCUT2D eigenvalue weighted by atomic mass is 10.1. The molecule has 4 nitrogen and oxygen atoms in total. The summed E-state index contributed by atoms with van der Waals surface area (Å²) in [5.41, 5.74) is 2.10. The number of carbonyl (C=O) groups is 2. The highest BCUT2D eigenvalue weighted by Gasteiger charge is 2.15. The van der Waals surface area contributed by atoms with Crippen molar-refractivity contribution in [3.05, 3.63) is 65.2 Å². The molecule has 1 N–H and O–H groups in total. The molecule has 0 saturated carbocycles. The van der Waals surface area contributed by atoms with Crippen LogP contribution < -0.4 is 5.32 Å². The van der Waals surface area contributed by atoms with Crippen LogP contribution in [-0.4, -0.2) is 23.3 Å². The molecule has 0 fully saturated rings. The molecular formula is C18H18F2N2O2. The molecular weight excluding hydrogens is 314 g/mol. The second-order valence-electron chi connectivity index (χ2n) is 5.54. The SMILES string of the molecule is CC(=O)N(CC(=O)Nc1ccc(F)c(F)c1)Cc1cccc(C)c1. The highest BCUT2D eigenvalue weighted by atomic mass is 19.2. The quantitative estimate of drug-likeness (QED) is 0.914. The largest absolute Gasteiger partial charge is 0.329 e. The molecule has 126 valence electrons. The zero-order chi connectivity index (χ0) is 17.7. The molecule has 0 atom stereocenters. The van der Waals surface area contributed by atoms with Gasteiger partial charge in [-0.25, -0.2) is 8.78 Å². The lowest BCUT2D eigenvalue weighted by Crippen LogP contribution is -2.36. The van der Waals surface area contributed by atoms with Gasteiger partial charge in [0, 0.05) is 25.2 Å². The Morgan fingerprint density at radius 2 is 1.83 bits per heavy atom. The van der Waals surface area contributed by atoms with Crippen LogP contribution in [-0.2, 0) is 16.1 Å². The van der Waals surface area contributed by atoms with Crippen molar-refractivity contribution >= 4 is 17.5 Å². The minimum atomic E-state index is -1.05. The number of hydrogen-bond acceptors (Lipinski definition) is 2. The Bertz CT molecular complexity index is 762. The van der Waals surface area contributed by atoms with E-state index in [-0.39, 0.29) is 18.1 Å². The summed E-state index contributed by atoms with van der Waals surface area (Å²) >= 11 is 0. The van der Waals surface area contributed by atoms with Crippen LogP contribution in [0.3, 0.4) is 0 Å². The molecule has 6 heteroatoms. The van der Waals surface area contributed by atoms with Crippen LogP contribution in [0.15, 0.2) is 42.5 Å². The average molecular weight is 332 g/mol. The molecule has 0 aliphatic carbocycles. The van der Waals surface area contributed by atoms with Gasteiger partial charge in [-0.05, 0) is 24.6 Å². The number of amides is 2. The van der Waals surface area contributed by atoms with Gasteiger partial charge >= 0.3 is 0 Å². The zero-order valence-corrected chi connectivity index (χ0v) is 13.5. The molecule has 2 rings (SSSR count). The van der Waals surface area contributed by atoms with E-state index in [0.29, 0.717) is 6.54 Å². The smallest absolute Gasteiger partial charge is 0.244 e. The van der Waals surface area contributed by atoms with Gasteiger partial charge in [-0.2, -0.15) is 0 Å². The van der Waals surface area contributed by atoms with E-state index in [4.69, 9.17) is 0 Å². The van der Waals surface area contributed by atoms with E-state index in [1.54, 1.807) is 0 Å². The van der Waals surface area contributed by atoms with Crippen molar-refractivity contribution in [2.45, 2.75) is 20.4 Å². The topological polar surface area (TPSA) is 49.4 Å². The molecule has 0 aliphatic rings. The van der Waals surface area contributed by atoms with Crippen molar-refractivity contribution in [2.75, 3.05) is 11.9 Å². The Kier molecular flexibility index (Phi) is 5.63. The monoisotopic (exact) mass is 332 g/mol. The van der Waals surface area contributed by atoms with Crippen LogP contribution in [0.5, 0.6) is 0 Å². The van der Waals surface area contributed by atoms with Crippen molar-refractivity contribution in [1.82, 2.24) is 4.90 Å². The van der Waals surface area contributed by atoms with Gasteiger partial charge in [0.15, 0.2) is 11.6 Å². The maximum atomic E-state index is 13.2. The predicted octanol–water partition coefficient (Wildman–Crippen LogP) is 3.26. The minimum absolute atomic E-state index is 0.137. The van der Waals surface area contributed by atoms with Gasteiger partial charge in [0.05, 0.1) is 0 Å². The standard InChI is InChI=1S/C18H18F2N2O2/c1-12-4-3-5-14(8-12)10-22(13(2)23)11-18(24)21-15-6-7-16(19)17(20)9-15/h3-9H,10-11H2,1-2H3,(H,21,24). The van der Waals surface area contributed by atoms with Gasteiger partial charge in [-0.15, -0.1) is 0 Å². The number of hydrogen-bond donors (Lipinski definition) is 1. The van der Waals surface area contributed by atoms with Gasteiger partial charge in [0.25, 0.3) is 0 Å². The number of halogens is 2. The molecule has 0 heterocycles. The number of nitrogens with zero attached hydrogens (tertiary/aromatic N) is 1. The van der Waals surface area contributed by atoms with Crippen LogP contribution in [0, 0.1) is 18.6 Å². The molecule has 0 saturated heterocycles. The fourth-order valence-electron chi connectivity index (χ4n) is 2.26. The second kappa shape index (κ2) is 7.68. The Hall–Kier alpha value is -2.76. The maximum absolute atomic E-state index is 13.2. The third-order valence-corrected chi connectivity index (χ3v) is 3.44. The van der Waals surface area contributed by atoms with Crippen LogP contribution >= 0.6 is 0 Å². The van der Waals surface area contributed by atoms with Crippen molar-refractivity contribution in [1.29, 1.82) is 0 Å². The first-order valence-corrected chi connectivity index (χ1v) is 7.41. The molecule has 0 aliphatic heterocycles. The van der Waals surface area contributed by atoms with Crippen LogP contribution in [0.25, 0.3) is 0 Å². The van der Waals surface area contributed by atoms with Gasteiger partial charge < -0.3 is 10.2 Å². The van der Waals surface area contributed by atoms with Gasteiger partial charge in [-0.3, -0.25) is 9.59 Å². The summed E-state index contributed by atoms with van der Waals surface area (Å²) in [5.74, 6) is -2.77. The first kappa shape index (κ1) is 17.6. The summed E-state index contributed by atoms with van der Waals surface area (Å²) in [6, 6.07) is 10.7. The molecule has 2 aromatic carbocycles. The molecule has 2 amide bonds. The highest BCUT2D eigenvalue weighted by Crippen LogP contribution is 2.13. The summed E-state index contributed by atoms with van der Waals surface area (Å²) in [5, 5.41) is 2.45. The molecule has 0 spiro atoms. The predicted molar refractivity (Wildman–Crippen MR) is 87.3 cm³/mol. The van der Waals surface area contributed by atoms with E-state index < -0.39 is 17.5 Å². The van der Waals surface area contributed by atoms with E-state index in [0.717, 1.165) is 23.3 Å². The molecule has 0 aromatic heterocycles. The lowest BCUT2D eigenvalue weighted by Gasteiger charge is -2.21. The number of aryl methyl sites for hydroxylation is 1. The van der Waals surface area contributed by atoms with E-state index in [1.807, 2.05) is 31.2 Å². The number of rotatable bonds is 5. The number of carbonyl (C=O) groups excluding carboxylic acids is 2. The summed E-state index contributed by atoms with van der Waals surface area (Å²) in [6.45, 7) is 3.43. The summed E-state index contributed by atoms with van der Waals surface area (Å²) in [7, 11) is 0. The number of nitrogens with one attached hydrogen (secondary N) is 1. The van der Waals surface area contributed by atoms with E-state index in [2.05, 4.69) is 5.32 Å². The second-order valence-corrected chi connectivity index (χ2v) is 5.54. The van der Waals surface area contributed by atoms with E-state index in [1.165, 1.54) is 17.9 Å². The average Bonchev–Trinajstić information content (AvgIpc) is 2.50. The van der Waals surface area contributed by atoms with Crippen LogP contribution in [0.1, 0.15) is 18.1 Å². The third kappa shape index (κ3) is 4.87. The van der Waals surface area contributed by atoms with Crippen LogP contribution in [0.4, 0.5) is 14.5 Å². The fourth-order valence-corrected chi connectivity index (χ4v) is 2.26. The molecule has 24 heavy (non-hydrogen) atoms. The first-order valence-electron chi connectivity index (χ1n) is 7.41. The Morgan fingerprint density at radius 3 is 2.46 bits per heavy atom. The summed E-state index contributed by atoms with van der Waals surface area (Å²) in [4.78, 5) is 25.2. The van der Waals surface area contributed by atoms with E-state index in [9.17, 15) is 18.4 Å². The number of anilines is 1.